The van der Waals surface area contributed by atoms with E-state index in [2.05, 4.69) is 22.1 Å². The zero-order valence-corrected chi connectivity index (χ0v) is 9.71. The maximum Gasteiger partial charge on any atom is 0.234 e. The van der Waals surface area contributed by atoms with Crippen molar-refractivity contribution in [1.29, 1.82) is 0 Å². The van der Waals surface area contributed by atoms with Gasteiger partial charge in [0.1, 0.15) is 0 Å². The highest BCUT2D eigenvalue weighted by Gasteiger charge is 2.20. The van der Waals surface area contributed by atoms with Crippen LogP contribution in [0.2, 0.25) is 0 Å². The number of nitrogens with zero attached hydrogens (tertiary/aromatic N) is 2. The van der Waals surface area contributed by atoms with Crippen molar-refractivity contribution >= 4 is 37.9 Å². The highest BCUT2D eigenvalue weighted by atomic mass is 35.5. The van der Waals surface area contributed by atoms with Crippen molar-refractivity contribution in [3.63, 3.8) is 0 Å². The zero-order chi connectivity index (χ0) is 10.8. The molecule has 1 aromatic rings. The Morgan fingerprint density at radius 3 is 2.71 bits per heavy atom. The van der Waals surface area contributed by atoms with Gasteiger partial charge in [0.05, 0.1) is 5.75 Å². The number of rotatable bonds is 4. The van der Waals surface area contributed by atoms with Crippen LogP contribution in [0.4, 0.5) is 5.13 Å². The normalized spacial score (nSPS) is 11.3. The molecular formula is C6H8ClN3O2S2. The molecule has 0 aliphatic heterocycles. The molecule has 1 N–H and O–H groups in total. The van der Waals surface area contributed by atoms with Crippen molar-refractivity contribution in [3.05, 3.63) is 11.6 Å². The summed E-state index contributed by atoms with van der Waals surface area (Å²) in [5.41, 5.74) is 0. The van der Waals surface area contributed by atoms with E-state index in [1.54, 1.807) is 7.05 Å². The van der Waals surface area contributed by atoms with Gasteiger partial charge in [0, 0.05) is 12.1 Å². The van der Waals surface area contributed by atoms with E-state index in [4.69, 9.17) is 11.6 Å². The van der Waals surface area contributed by atoms with E-state index >= 15 is 0 Å². The second-order valence-corrected chi connectivity index (χ2v) is 6.07. The van der Waals surface area contributed by atoms with E-state index in [-0.39, 0.29) is 15.1 Å². The fraction of sp³-hybridized carbons (Fsp3) is 0.333. The third-order valence-electron chi connectivity index (χ3n) is 1.23. The number of hydrogen-bond donors (Lipinski definition) is 1. The molecule has 0 radical (unpaired) electrons. The van der Waals surface area contributed by atoms with Crippen LogP contribution in [0.15, 0.2) is 16.0 Å². The number of halogens is 1. The fourth-order valence-electron chi connectivity index (χ4n) is 0.704. The van der Waals surface area contributed by atoms with Gasteiger partial charge in [0.2, 0.25) is 19.3 Å². The van der Waals surface area contributed by atoms with Crippen molar-refractivity contribution in [3.8, 4) is 0 Å². The maximum absolute atomic E-state index is 11.5. The third-order valence-corrected chi connectivity index (χ3v) is 4.61. The van der Waals surface area contributed by atoms with Crippen LogP contribution in [-0.4, -0.2) is 31.4 Å². The quantitative estimate of drug-likeness (QED) is 0.870. The van der Waals surface area contributed by atoms with Crippen LogP contribution in [0.25, 0.3) is 0 Å². The molecule has 5 nitrogen and oxygen atoms in total. The van der Waals surface area contributed by atoms with Gasteiger partial charge in [-0.15, -0.1) is 10.2 Å². The Bertz CT molecular complexity index is 440. The Morgan fingerprint density at radius 2 is 2.29 bits per heavy atom. The predicted octanol–water partition coefficient (Wildman–Crippen LogP) is 1.11. The molecular weight excluding hydrogens is 246 g/mol. The van der Waals surface area contributed by atoms with E-state index in [0.717, 1.165) is 11.3 Å². The molecule has 78 valence electrons. The fourth-order valence-corrected chi connectivity index (χ4v) is 3.19. The Morgan fingerprint density at radius 1 is 1.64 bits per heavy atom. The van der Waals surface area contributed by atoms with Gasteiger partial charge in [0.25, 0.3) is 0 Å². The molecule has 1 aromatic heterocycles. The molecule has 0 amide bonds. The Balaban J connectivity index is 2.98. The van der Waals surface area contributed by atoms with Gasteiger partial charge in [0.15, 0.2) is 0 Å². The molecule has 0 aromatic carbocycles. The van der Waals surface area contributed by atoms with Crippen LogP contribution in [0, 0.1) is 0 Å². The van der Waals surface area contributed by atoms with Gasteiger partial charge in [-0.05, 0) is 0 Å². The molecule has 0 atom stereocenters. The summed E-state index contributed by atoms with van der Waals surface area (Å²) in [5, 5.41) is 10.4. The predicted molar refractivity (Wildman–Crippen MR) is 56.5 cm³/mol. The summed E-state index contributed by atoms with van der Waals surface area (Å²) in [6.07, 6.45) is 0. The van der Waals surface area contributed by atoms with Crippen molar-refractivity contribution in [2.24, 2.45) is 0 Å². The molecule has 0 unspecified atom stereocenters. The molecule has 0 aliphatic rings. The molecule has 0 fully saturated rings. The van der Waals surface area contributed by atoms with Crippen molar-refractivity contribution in [2.45, 2.75) is 4.34 Å². The topological polar surface area (TPSA) is 72.0 Å². The molecule has 0 aliphatic carbocycles. The molecule has 0 saturated heterocycles. The van der Waals surface area contributed by atoms with Crippen LogP contribution < -0.4 is 5.32 Å². The lowest BCUT2D eigenvalue weighted by atomic mass is 10.7. The molecule has 1 rings (SSSR count). The van der Waals surface area contributed by atoms with Crippen molar-refractivity contribution < 1.29 is 8.42 Å². The molecule has 14 heavy (non-hydrogen) atoms. The second-order valence-electron chi connectivity index (χ2n) is 2.40. The van der Waals surface area contributed by atoms with Crippen LogP contribution in [0.5, 0.6) is 0 Å². The van der Waals surface area contributed by atoms with E-state index in [1.807, 2.05) is 0 Å². The summed E-state index contributed by atoms with van der Waals surface area (Å²) in [5.74, 6) is -0.313. The first-order valence-corrected chi connectivity index (χ1v) is 6.37. The van der Waals surface area contributed by atoms with Crippen molar-refractivity contribution in [2.75, 3.05) is 18.1 Å². The molecule has 0 saturated carbocycles. The van der Waals surface area contributed by atoms with E-state index < -0.39 is 9.84 Å². The Hall–Kier alpha value is -0.660. The lowest BCUT2D eigenvalue weighted by Gasteiger charge is -1.95. The molecule has 8 heteroatoms. The average Bonchev–Trinajstić information content (AvgIpc) is 2.49. The average molecular weight is 254 g/mol. The molecule has 1 heterocycles. The lowest BCUT2D eigenvalue weighted by Crippen LogP contribution is -2.06. The smallest absolute Gasteiger partial charge is 0.234 e. The first-order chi connectivity index (χ1) is 6.45. The Labute approximate surface area is 90.7 Å². The SMILES string of the molecule is C=C(Cl)CS(=O)(=O)c1nnc(NC)s1. The van der Waals surface area contributed by atoms with Gasteiger partial charge >= 0.3 is 0 Å². The Kier molecular flexibility index (Phi) is 3.46. The highest BCUT2D eigenvalue weighted by molar-refractivity contribution is 7.93. The minimum atomic E-state index is -3.48. The second kappa shape index (κ2) is 4.24. The maximum atomic E-state index is 11.5. The largest absolute Gasteiger partial charge is 0.363 e. The molecule has 0 spiro atoms. The highest BCUT2D eigenvalue weighted by Crippen LogP contribution is 2.21. The summed E-state index contributed by atoms with van der Waals surface area (Å²) < 4.78 is 23.0. The van der Waals surface area contributed by atoms with E-state index in [0.29, 0.717) is 5.13 Å². The van der Waals surface area contributed by atoms with Crippen molar-refractivity contribution in [1.82, 2.24) is 10.2 Å². The van der Waals surface area contributed by atoms with Gasteiger partial charge < -0.3 is 5.32 Å². The summed E-state index contributed by atoms with van der Waals surface area (Å²) in [7, 11) is -1.84. The minimum absolute atomic E-state index is 0.0522. The van der Waals surface area contributed by atoms with Crippen LogP contribution in [0.1, 0.15) is 0 Å². The molecule has 0 bridgehead atoms. The monoisotopic (exact) mass is 253 g/mol. The first kappa shape index (κ1) is 11.4. The lowest BCUT2D eigenvalue weighted by molar-refractivity contribution is 0.597. The number of sulfone groups is 1. The summed E-state index contributed by atoms with van der Waals surface area (Å²) in [4.78, 5) is 0. The summed E-state index contributed by atoms with van der Waals surface area (Å²) >= 11 is 6.38. The number of aromatic nitrogens is 2. The number of nitrogens with one attached hydrogen (secondary N) is 1. The first-order valence-electron chi connectivity index (χ1n) is 3.53. The standard InChI is InChI=1S/C6H8ClN3O2S2/c1-4(7)3-14(11,12)6-10-9-5(8-2)13-6/h1,3H2,2H3,(H,8,9). The number of hydrogen-bond acceptors (Lipinski definition) is 6. The summed E-state index contributed by atoms with van der Waals surface area (Å²) in [6, 6.07) is 0. The number of anilines is 1. The van der Waals surface area contributed by atoms with Crippen LogP contribution in [-0.2, 0) is 9.84 Å². The van der Waals surface area contributed by atoms with Crippen LogP contribution in [0.3, 0.4) is 0 Å². The minimum Gasteiger partial charge on any atom is -0.363 e. The summed E-state index contributed by atoms with van der Waals surface area (Å²) in [6.45, 7) is 3.32. The van der Waals surface area contributed by atoms with E-state index in [1.165, 1.54) is 0 Å². The van der Waals surface area contributed by atoms with Gasteiger partial charge in [-0.3, -0.25) is 0 Å². The zero-order valence-electron chi connectivity index (χ0n) is 7.32. The van der Waals surface area contributed by atoms with E-state index in [9.17, 15) is 8.42 Å². The third kappa shape index (κ3) is 2.66. The van der Waals surface area contributed by atoms with Crippen LogP contribution >= 0.6 is 22.9 Å². The van der Waals surface area contributed by atoms with Gasteiger partial charge in [-0.1, -0.05) is 29.5 Å². The van der Waals surface area contributed by atoms with Gasteiger partial charge in [-0.25, -0.2) is 8.42 Å². The van der Waals surface area contributed by atoms with Gasteiger partial charge in [-0.2, -0.15) is 0 Å².